The summed E-state index contributed by atoms with van der Waals surface area (Å²) in [6, 6.07) is 10.3. The Morgan fingerprint density at radius 1 is 1.23 bits per heavy atom. The Bertz CT molecular complexity index is 1060. The summed E-state index contributed by atoms with van der Waals surface area (Å²) >= 11 is 13.5. The number of hydrogen-bond acceptors (Lipinski definition) is 5. The Labute approximate surface area is 199 Å². The topological polar surface area (TPSA) is 75.7 Å². The fraction of sp³-hybridized carbons (Fsp3) is 0.150. The molecule has 10 heteroatoms. The maximum atomic E-state index is 12.7. The summed E-state index contributed by atoms with van der Waals surface area (Å²) in [4.78, 5) is 38.5. The molecule has 1 N–H and O–H groups in total. The highest BCUT2D eigenvalue weighted by atomic mass is 79.9. The van der Waals surface area contributed by atoms with Gasteiger partial charge in [-0.1, -0.05) is 27.5 Å². The van der Waals surface area contributed by atoms with Gasteiger partial charge in [0.1, 0.15) is 12.3 Å². The Morgan fingerprint density at radius 3 is 2.70 bits per heavy atom. The Balaban J connectivity index is 1.74. The summed E-state index contributed by atoms with van der Waals surface area (Å²) in [5.74, 6) is -0.442. The molecule has 0 aromatic heterocycles. The van der Waals surface area contributed by atoms with Gasteiger partial charge in [-0.25, -0.2) is 0 Å². The molecule has 0 radical (unpaired) electrons. The number of ether oxygens (including phenoxy) is 1. The van der Waals surface area contributed by atoms with Gasteiger partial charge >= 0.3 is 0 Å². The van der Waals surface area contributed by atoms with Crippen LogP contribution >= 0.6 is 55.2 Å². The van der Waals surface area contributed by atoms with Crippen molar-refractivity contribution in [3.63, 3.8) is 0 Å². The number of benzene rings is 2. The third kappa shape index (κ3) is 5.46. The van der Waals surface area contributed by atoms with Crippen LogP contribution in [0.3, 0.4) is 0 Å². The highest BCUT2D eigenvalue weighted by Gasteiger charge is 2.36. The largest absolute Gasteiger partial charge is 0.493 e. The van der Waals surface area contributed by atoms with Crippen molar-refractivity contribution in [3.8, 4) is 5.75 Å². The van der Waals surface area contributed by atoms with Crippen LogP contribution in [0.4, 0.5) is 10.5 Å². The Morgan fingerprint density at radius 2 is 2.00 bits per heavy atom. The molecule has 2 aromatic rings. The second kappa shape index (κ2) is 10.00. The average Bonchev–Trinajstić information content (AvgIpc) is 2.94. The van der Waals surface area contributed by atoms with E-state index in [4.69, 9.17) is 16.3 Å². The zero-order chi connectivity index (χ0) is 21.8. The quantitative estimate of drug-likeness (QED) is 0.433. The second-order valence-electron chi connectivity index (χ2n) is 6.06. The van der Waals surface area contributed by atoms with Crippen LogP contribution in [0.15, 0.2) is 50.2 Å². The highest BCUT2D eigenvalue weighted by molar-refractivity contribution is 9.10. The summed E-state index contributed by atoms with van der Waals surface area (Å²) in [7, 11) is 0. The van der Waals surface area contributed by atoms with Crippen molar-refractivity contribution < 1.29 is 19.1 Å². The van der Waals surface area contributed by atoms with Gasteiger partial charge in [0.25, 0.3) is 11.1 Å². The van der Waals surface area contributed by atoms with Gasteiger partial charge in [0, 0.05) is 20.2 Å². The summed E-state index contributed by atoms with van der Waals surface area (Å²) in [5.41, 5.74) is 1.12. The van der Waals surface area contributed by atoms with Crippen molar-refractivity contribution in [2.24, 2.45) is 0 Å². The second-order valence-corrected chi connectivity index (χ2v) is 9.23. The van der Waals surface area contributed by atoms with E-state index in [1.54, 1.807) is 36.4 Å². The van der Waals surface area contributed by atoms with Crippen LogP contribution in [0.2, 0.25) is 5.02 Å². The van der Waals surface area contributed by atoms with Crippen molar-refractivity contribution in [2.75, 3.05) is 18.5 Å². The minimum absolute atomic E-state index is 0.221. The molecule has 1 aliphatic heterocycles. The number of carbonyl (C=O) groups excluding carboxylic acids is 3. The smallest absolute Gasteiger partial charge is 0.294 e. The number of anilines is 1. The third-order valence-corrected chi connectivity index (χ3v) is 6.57. The number of halogens is 3. The number of rotatable bonds is 6. The van der Waals surface area contributed by atoms with Gasteiger partial charge in [0.2, 0.25) is 5.91 Å². The lowest BCUT2D eigenvalue weighted by molar-refractivity contribution is -0.127. The lowest BCUT2D eigenvalue weighted by atomic mass is 10.2. The summed E-state index contributed by atoms with van der Waals surface area (Å²) in [6.07, 6.45) is 1.59. The van der Waals surface area contributed by atoms with Gasteiger partial charge in [-0.15, -0.1) is 0 Å². The molecule has 1 fully saturated rings. The monoisotopic (exact) mass is 572 g/mol. The first-order valence-corrected chi connectivity index (χ1v) is 11.5. The Hall–Kier alpha value is -1.81. The first-order valence-electron chi connectivity index (χ1n) is 8.71. The average molecular weight is 575 g/mol. The lowest BCUT2D eigenvalue weighted by Crippen LogP contribution is -2.36. The van der Waals surface area contributed by atoms with Crippen LogP contribution < -0.4 is 10.1 Å². The molecule has 1 saturated heterocycles. The van der Waals surface area contributed by atoms with E-state index in [0.29, 0.717) is 33.1 Å². The molecule has 30 heavy (non-hydrogen) atoms. The number of thioether (sulfide) groups is 1. The molecule has 1 heterocycles. The van der Waals surface area contributed by atoms with E-state index < -0.39 is 23.6 Å². The van der Waals surface area contributed by atoms with E-state index in [1.807, 2.05) is 13.0 Å². The zero-order valence-corrected chi connectivity index (χ0v) is 20.3. The van der Waals surface area contributed by atoms with Crippen LogP contribution in [0.25, 0.3) is 6.08 Å². The predicted molar refractivity (Wildman–Crippen MR) is 126 cm³/mol. The first kappa shape index (κ1) is 22.9. The minimum Gasteiger partial charge on any atom is -0.493 e. The van der Waals surface area contributed by atoms with Crippen molar-refractivity contribution in [1.82, 2.24) is 4.90 Å². The van der Waals surface area contributed by atoms with Crippen LogP contribution in [0, 0.1) is 0 Å². The molecule has 2 aromatic carbocycles. The minimum atomic E-state index is -0.531. The molecule has 3 rings (SSSR count). The zero-order valence-electron chi connectivity index (χ0n) is 15.6. The van der Waals surface area contributed by atoms with Crippen LogP contribution in [-0.2, 0) is 9.59 Å². The molecular formula is C20H15Br2ClN2O4S. The van der Waals surface area contributed by atoms with Gasteiger partial charge < -0.3 is 10.1 Å². The molecule has 6 nitrogen and oxygen atoms in total. The number of imide groups is 1. The maximum Gasteiger partial charge on any atom is 0.294 e. The summed E-state index contributed by atoms with van der Waals surface area (Å²) < 4.78 is 7.08. The summed E-state index contributed by atoms with van der Waals surface area (Å²) in [6.45, 7) is 1.92. The van der Waals surface area contributed by atoms with Crippen LogP contribution in [-0.4, -0.2) is 35.1 Å². The molecule has 156 valence electrons. The molecular weight excluding hydrogens is 560 g/mol. The number of hydrogen-bond donors (Lipinski definition) is 1. The SMILES string of the molecule is CCOc1ccc(Br)cc1/C=C1/SC(=O)N(CC(=O)Nc2ccc(Br)c(Cl)c2)C1=O. The van der Waals surface area contributed by atoms with Gasteiger partial charge in [-0.2, -0.15) is 0 Å². The number of carbonyl (C=O) groups is 3. The van der Waals surface area contributed by atoms with E-state index in [2.05, 4.69) is 37.2 Å². The molecule has 0 spiro atoms. The van der Waals surface area contributed by atoms with Crippen LogP contribution in [0.5, 0.6) is 5.75 Å². The molecule has 0 unspecified atom stereocenters. The maximum absolute atomic E-state index is 12.7. The van der Waals surface area contributed by atoms with Crippen molar-refractivity contribution in [1.29, 1.82) is 0 Å². The molecule has 1 aliphatic rings. The lowest BCUT2D eigenvalue weighted by Gasteiger charge is -2.13. The van der Waals surface area contributed by atoms with Gasteiger partial charge in [0.15, 0.2) is 0 Å². The normalized spacial score (nSPS) is 15.1. The number of nitrogens with one attached hydrogen (secondary N) is 1. The van der Waals surface area contributed by atoms with E-state index in [-0.39, 0.29) is 4.91 Å². The number of amides is 3. The molecule has 0 aliphatic carbocycles. The number of nitrogens with zero attached hydrogens (tertiary/aromatic N) is 1. The predicted octanol–water partition coefficient (Wildman–Crippen LogP) is 5.94. The molecule has 0 atom stereocenters. The molecule has 0 saturated carbocycles. The van der Waals surface area contributed by atoms with E-state index in [1.165, 1.54) is 0 Å². The van der Waals surface area contributed by atoms with E-state index in [9.17, 15) is 14.4 Å². The van der Waals surface area contributed by atoms with Gasteiger partial charge in [0.05, 0.1) is 16.5 Å². The van der Waals surface area contributed by atoms with Crippen molar-refractivity contribution in [2.45, 2.75) is 6.92 Å². The summed E-state index contributed by atoms with van der Waals surface area (Å²) in [5, 5.41) is 2.55. The third-order valence-electron chi connectivity index (χ3n) is 3.94. The van der Waals surface area contributed by atoms with Crippen molar-refractivity contribution >= 4 is 84.0 Å². The van der Waals surface area contributed by atoms with E-state index >= 15 is 0 Å². The molecule has 0 bridgehead atoms. The van der Waals surface area contributed by atoms with Gasteiger partial charge in [-0.05, 0) is 77.1 Å². The van der Waals surface area contributed by atoms with E-state index in [0.717, 1.165) is 21.1 Å². The van der Waals surface area contributed by atoms with Crippen molar-refractivity contribution in [3.05, 3.63) is 60.8 Å². The van der Waals surface area contributed by atoms with Gasteiger partial charge in [-0.3, -0.25) is 19.3 Å². The fourth-order valence-electron chi connectivity index (χ4n) is 2.61. The standard InChI is InChI=1S/C20H15Br2ClN2O4S/c1-2-29-16-6-3-12(21)7-11(16)8-17-19(27)25(20(28)30-17)10-18(26)24-13-4-5-14(22)15(23)9-13/h3-9H,2,10H2,1H3,(H,24,26)/b17-8+. The first-order chi connectivity index (χ1) is 14.3. The van der Waals surface area contributed by atoms with Crippen LogP contribution in [0.1, 0.15) is 12.5 Å². The highest BCUT2D eigenvalue weighted by Crippen LogP contribution is 2.35. The molecule has 3 amide bonds. The fourth-order valence-corrected chi connectivity index (χ4v) is 4.25. The Kier molecular flexibility index (Phi) is 7.62.